The van der Waals surface area contributed by atoms with Crippen LogP contribution in [-0.4, -0.2) is 14.3 Å². The molecule has 0 unspecified atom stereocenters. The quantitative estimate of drug-likeness (QED) is 0.579. The summed E-state index contributed by atoms with van der Waals surface area (Å²) in [5.74, 6) is 0.154. The fraction of sp³-hybridized carbons (Fsp3) is 0.136. The lowest BCUT2D eigenvalue weighted by molar-refractivity contribution is -0.111. The summed E-state index contributed by atoms with van der Waals surface area (Å²) in [6, 6.07) is 13.7. The third-order valence-electron chi connectivity index (χ3n) is 4.31. The number of sulfonamides is 1. The van der Waals surface area contributed by atoms with E-state index in [-0.39, 0.29) is 4.90 Å². The molecule has 0 atom stereocenters. The van der Waals surface area contributed by atoms with E-state index in [2.05, 4.69) is 10.0 Å². The maximum atomic E-state index is 12.9. The van der Waals surface area contributed by atoms with E-state index in [0.717, 1.165) is 11.1 Å². The topological polar surface area (TPSA) is 88.4 Å². The summed E-state index contributed by atoms with van der Waals surface area (Å²) in [7, 11) is -3.82. The molecule has 3 aromatic rings. The predicted molar refractivity (Wildman–Crippen MR) is 114 cm³/mol. The standard InChI is InChI=1S/C22H22N2O4S/c1-15-6-10-20(17(3)13-15)24-29(26,27)21-14-18(8-7-16(21)2)23-22(25)11-9-19-5-4-12-28-19/h4-14,24H,1-3H3,(H,23,25)/b11-9+. The van der Waals surface area contributed by atoms with Crippen molar-refractivity contribution in [3.05, 3.63) is 83.3 Å². The van der Waals surface area contributed by atoms with Crippen LogP contribution in [0.25, 0.3) is 6.08 Å². The van der Waals surface area contributed by atoms with Gasteiger partial charge in [-0.3, -0.25) is 9.52 Å². The van der Waals surface area contributed by atoms with Crippen LogP contribution in [0, 0.1) is 20.8 Å². The Kier molecular flexibility index (Phi) is 5.89. The van der Waals surface area contributed by atoms with Crippen molar-refractivity contribution in [3.8, 4) is 0 Å². The highest BCUT2D eigenvalue weighted by Crippen LogP contribution is 2.25. The lowest BCUT2D eigenvalue weighted by atomic mass is 10.1. The minimum absolute atomic E-state index is 0.102. The smallest absolute Gasteiger partial charge is 0.262 e. The molecule has 0 aliphatic rings. The molecule has 6 nitrogen and oxygen atoms in total. The van der Waals surface area contributed by atoms with Crippen molar-refractivity contribution in [3.63, 3.8) is 0 Å². The number of anilines is 2. The van der Waals surface area contributed by atoms with E-state index < -0.39 is 15.9 Å². The van der Waals surface area contributed by atoms with Crippen molar-refractivity contribution in [2.24, 2.45) is 0 Å². The Morgan fingerprint density at radius 2 is 1.79 bits per heavy atom. The van der Waals surface area contributed by atoms with Gasteiger partial charge in [0.2, 0.25) is 5.91 Å². The van der Waals surface area contributed by atoms with Crippen molar-refractivity contribution in [1.29, 1.82) is 0 Å². The SMILES string of the molecule is Cc1ccc(NS(=O)(=O)c2cc(NC(=O)/C=C/c3ccco3)ccc2C)c(C)c1. The summed E-state index contributed by atoms with van der Waals surface area (Å²) in [6.45, 7) is 5.50. The van der Waals surface area contributed by atoms with E-state index in [1.807, 2.05) is 26.0 Å². The average Bonchev–Trinajstić information content (AvgIpc) is 3.17. The van der Waals surface area contributed by atoms with Crippen LogP contribution in [0.5, 0.6) is 0 Å². The second-order valence-corrected chi connectivity index (χ2v) is 8.39. The highest BCUT2D eigenvalue weighted by molar-refractivity contribution is 7.92. The minimum Gasteiger partial charge on any atom is -0.465 e. The molecule has 150 valence electrons. The second-order valence-electron chi connectivity index (χ2n) is 6.74. The van der Waals surface area contributed by atoms with Gasteiger partial charge in [-0.15, -0.1) is 0 Å². The van der Waals surface area contributed by atoms with Crippen LogP contribution in [-0.2, 0) is 14.8 Å². The molecule has 0 saturated carbocycles. The van der Waals surface area contributed by atoms with E-state index >= 15 is 0 Å². The Bertz CT molecular complexity index is 1160. The maximum absolute atomic E-state index is 12.9. The average molecular weight is 410 g/mol. The number of hydrogen-bond acceptors (Lipinski definition) is 4. The molecule has 0 bridgehead atoms. The second kappa shape index (κ2) is 8.36. The van der Waals surface area contributed by atoms with E-state index in [1.54, 1.807) is 37.3 Å². The third-order valence-corrected chi connectivity index (χ3v) is 5.82. The zero-order chi connectivity index (χ0) is 21.0. The number of aryl methyl sites for hydroxylation is 3. The number of carbonyl (C=O) groups excluding carboxylic acids is 1. The van der Waals surface area contributed by atoms with Gasteiger partial charge in [-0.2, -0.15) is 0 Å². The number of rotatable bonds is 6. The van der Waals surface area contributed by atoms with Crippen LogP contribution >= 0.6 is 0 Å². The first-order chi connectivity index (χ1) is 13.7. The first kappa shape index (κ1) is 20.4. The molecule has 0 aliphatic carbocycles. The van der Waals surface area contributed by atoms with Crippen molar-refractivity contribution >= 4 is 33.4 Å². The lowest BCUT2D eigenvalue weighted by Gasteiger charge is -2.14. The zero-order valence-electron chi connectivity index (χ0n) is 16.4. The molecular formula is C22H22N2O4S. The third kappa shape index (κ3) is 5.14. The molecule has 0 fully saturated rings. The van der Waals surface area contributed by atoms with Crippen LogP contribution in [0.1, 0.15) is 22.5 Å². The van der Waals surface area contributed by atoms with Crippen molar-refractivity contribution in [2.75, 3.05) is 10.0 Å². The number of nitrogens with one attached hydrogen (secondary N) is 2. The molecule has 1 aromatic heterocycles. The molecule has 2 aromatic carbocycles. The number of benzene rings is 2. The van der Waals surface area contributed by atoms with Gasteiger partial charge in [0.1, 0.15) is 5.76 Å². The summed E-state index contributed by atoms with van der Waals surface area (Å²) < 4.78 is 33.6. The molecule has 1 amide bonds. The van der Waals surface area contributed by atoms with Crippen molar-refractivity contribution in [1.82, 2.24) is 0 Å². The molecule has 0 saturated heterocycles. The maximum Gasteiger partial charge on any atom is 0.262 e. The molecule has 2 N–H and O–H groups in total. The Labute approximate surface area is 170 Å². The Hall–Kier alpha value is -3.32. The molecular weight excluding hydrogens is 388 g/mol. The van der Waals surface area contributed by atoms with Gasteiger partial charge < -0.3 is 9.73 Å². The van der Waals surface area contributed by atoms with Gasteiger partial charge >= 0.3 is 0 Å². The van der Waals surface area contributed by atoms with Crippen LogP contribution in [0.2, 0.25) is 0 Å². The Morgan fingerprint density at radius 3 is 2.48 bits per heavy atom. The van der Waals surface area contributed by atoms with Crippen LogP contribution in [0.15, 0.2) is 70.2 Å². The van der Waals surface area contributed by atoms with Gasteiger partial charge in [-0.25, -0.2) is 8.42 Å². The fourth-order valence-corrected chi connectivity index (χ4v) is 4.23. The normalized spacial score (nSPS) is 11.6. The zero-order valence-corrected chi connectivity index (χ0v) is 17.2. The van der Waals surface area contributed by atoms with Crippen molar-refractivity contribution in [2.45, 2.75) is 25.7 Å². The highest BCUT2D eigenvalue weighted by Gasteiger charge is 2.19. The molecule has 1 heterocycles. The first-order valence-electron chi connectivity index (χ1n) is 8.98. The first-order valence-corrected chi connectivity index (χ1v) is 10.5. The largest absolute Gasteiger partial charge is 0.465 e. The molecule has 0 spiro atoms. The van der Waals surface area contributed by atoms with E-state index in [0.29, 0.717) is 22.7 Å². The number of hydrogen-bond donors (Lipinski definition) is 2. The summed E-state index contributed by atoms with van der Waals surface area (Å²) in [5.41, 5.74) is 3.36. The van der Waals surface area contributed by atoms with E-state index in [9.17, 15) is 13.2 Å². The molecule has 0 aliphatic heterocycles. The fourth-order valence-electron chi connectivity index (χ4n) is 2.82. The molecule has 29 heavy (non-hydrogen) atoms. The van der Waals surface area contributed by atoms with Gasteiger partial charge in [0.05, 0.1) is 16.8 Å². The van der Waals surface area contributed by atoms with E-state index in [4.69, 9.17) is 4.42 Å². The highest BCUT2D eigenvalue weighted by atomic mass is 32.2. The number of amides is 1. The van der Waals surface area contributed by atoms with Gasteiger partial charge in [0.15, 0.2) is 0 Å². The lowest BCUT2D eigenvalue weighted by Crippen LogP contribution is -2.16. The molecule has 7 heteroatoms. The minimum atomic E-state index is -3.82. The summed E-state index contributed by atoms with van der Waals surface area (Å²) in [5, 5.41) is 2.67. The van der Waals surface area contributed by atoms with Crippen LogP contribution < -0.4 is 10.0 Å². The Morgan fingerprint density at radius 1 is 1.00 bits per heavy atom. The van der Waals surface area contributed by atoms with Crippen LogP contribution in [0.3, 0.4) is 0 Å². The van der Waals surface area contributed by atoms with Gasteiger partial charge in [-0.05, 0) is 68.3 Å². The van der Waals surface area contributed by atoms with Crippen molar-refractivity contribution < 1.29 is 17.6 Å². The molecule has 0 radical (unpaired) electrons. The number of carbonyl (C=O) groups is 1. The predicted octanol–water partition coefficient (Wildman–Crippen LogP) is 4.66. The number of furan rings is 1. The summed E-state index contributed by atoms with van der Waals surface area (Å²) >= 11 is 0. The van der Waals surface area contributed by atoms with Crippen LogP contribution in [0.4, 0.5) is 11.4 Å². The van der Waals surface area contributed by atoms with E-state index in [1.165, 1.54) is 24.5 Å². The van der Waals surface area contributed by atoms with Gasteiger partial charge in [0, 0.05) is 11.8 Å². The van der Waals surface area contributed by atoms with Gasteiger partial charge in [0.25, 0.3) is 10.0 Å². The summed E-state index contributed by atoms with van der Waals surface area (Å²) in [6.07, 6.45) is 4.36. The summed E-state index contributed by atoms with van der Waals surface area (Å²) in [4.78, 5) is 12.2. The Balaban J connectivity index is 1.81. The monoisotopic (exact) mass is 410 g/mol. The molecule has 3 rings (SSSR count). The van der Waals surface area contributed by atoms with Gasteiger partial charge in [-0.1, -0.05) is 23.8 Å².